The maximum atomic E-state index is 11.8. The topological polar surface area (TPSA) is 53.2 Å². The van der Waals surface area contributed by atoms with Crippen LogP contribution in [-0.4, -0.2) is 17.6 Å². The first-order chi connectivity index (χ1) is 10.2. The van der Waals surface area contributed by atoms with E-state index in [2.05, 4.69) is 16.0 Å². The molecule has 3 N–H and O–H groups in total. The fourth-order valence-electron chi connectivity index (χ4n) is 1.82. The van der Waals surface area contributed by atoms with Gasteiger partial charge in [-0.15, -0.1) is 0 Å². The van der Waals surface area contributed by atoms with Crippen molar-refractivity contribution < 1.29 is 4.79 Å². The van der Waals surface area contributed by atoms with E-state index >= 15 is 0 Å². The molecule has 1 amide bonds. The van der Waals surface area contributed by atoms with Gasteiger partial charge in [0.2, 0.25) is 0 Å². The highest BCUT2D eigenvalue weighted by atomic mass is 32.1. The molecule has 0 unspecified atom stereocenters. The molecule has 0 spiro atoms. The molecule has 0 fully saturated rings. The number of benzene rings is 2. The summed E-state index contributed by atoms with van der Waals surface area (Å²) >= 11 is 5.26. The summed E-state index contributed by atoms with van der Waals surface area (Å²) in [5.74, 6) is -0.0944. The minimum Gasteiger partial charge on any atom is -0.352 e. The van der Waals surface area contributed by atoms with Crippen molar-refractivity contribution in [2.45, 2.75) is 6.92 Å². The van der Waals surface area contributed by atoms with Gasteiger partial charge in [-0.05, 0) is 49.5 Å². The van der Waals surface area contributed by atoms with Crippen LogP contribution in [0.15, 0.2) is 54.6 Å². The summed E-state index contributed by atoms with van der Waals surface area (Å²) in [7, 11) is 0. The molecule has 4 nitrogen and oxygen atoms in total. The quantitative estimate of drug-likeness (QED) is 0.759. The van der Waals surface area contributed by atoms with E-state index in [0.717, 1.165) is 11.4 Å². The maximum Gasteiger partial charge on any atom is 0.251 e. The molecule has 0 bridgehead atoms. The molecule has 0 saturated heterocycles. The fraction of sp³-hybridized carbons (Fsp3) is 0.125. The number of para-hydroxylation sites is 1. The predicted octanol–water partition coefficient (Wildman–Crippen LogP) is 3.25. The van der Waals surface area contributed by atoms with Gasteiger partial charge in [-0.2, -0.15) is 0 Å². The fourth-order valence-corrected chi connectivity index (χ4v) is 2.05. The second-order valence-corrected chi connectivity index (χ2v) is 4.79. The molecule has 0 aromatic heterocycles. The van der Waals surface area contributed by atoms with Crippen LogP contribution in [0.2, 0.25) is 0 Å². The molecule has 2 aromatic carbocycles. The summed E-state index contributed by atoms with van der Waals surface area (Å²) in [4.78, 5) is 11.8. The summed E-state index contributed by atoms with van der Waals surface area (Å²) in [5, 5.41) is 9.40. The first-order valence-corrected chi connectivity index (χ1v) is 7.11. The second-order valence-electron chi connectivity index (χ2n) is 4.39. The number of nitrogens with one attached hydrogen (secondary N) is 3. The van der Waals surface area contributed by atoms with Crippen molar-refractivity contribution in [1.29, 1.82) is 0 Å². The van der Waals surface area contributed by atoms with E-state index in [4.69, 9.17) is 12.2 Å². The lowest BCUT2D eigenvalue weighted by atomic mass is 10.2. The van der Waals surface area contributed by atoms with Crippen molar-refractivity contribution in [3.05, 3.63) is 60.2 Å². The number of thiocarbonyl (C=S) groups is 1. The van der Waals surface area contributed by atoms with Crippen molar-refractivity contribution in [1.82, 2.24) is 5.32 Å². The highest BCUT2D eigenvalue weighted by molar-refractivity contribution is 7.80. The number of carbonyl (C=O) groups is 1. The highest BCUT2D eigenvalue weighted by Crippen LogP contribution is 2.12. The highest BCUT2D eigenvalue weighted by Gasteiger charge is 2.05. The normalized spacial score (nSPS) is 9.76. The molecule has 2 aromatic rings. The molecular weight excluding hydrogens is 282 g/mol. The van der Waals surface area contributed by atoms with Gasteiger partial charge in [-0.3, -0.25) is 4.79 Å². The minimum atomic E-state index is -0.0944. The van der Waals surface area contributed by atoms with Crippen LogP contribution in [0.3, 0.4) is 0 Å². The molecule has 0 aliphatic heterocycles. The van der Waals surface area contributed by atoms with E-state index < -0.39 is 0 Å². The van der Waals surface area contributed by atoms with Gasteiger partial charge in [0.1, 0.15) is 0 Å². The lowest BCUT2D eigenvalue weighted by Gasteiger charge is -2.11. The third kappa shape index (κ3) is 4.57. The van der Waals surface area contributed by atoms with Crippen LogP contribution >= 0.6 is 12.2 Å². The van der Waals surface area contributed by atoms with Gasteiger partial charge < -0.3 is 16.0 Å². The number of hydrogen-bond donors (Lipinski definition) is 3. The van der Waals surface area contributed by atoms with Gasteiger partial charge in [0, 0.05) is 23.5 Å². The van der Waals surface area contributed by atoms with E-state index in [1.165, 1.54) is 0 Å². The molecule has 0 heterocycles. The van der Waals surface area contributed by atoms with E-state index in [9.17, 15) is 4.79 Å². The van der Waals surface area contributed by atoms with Crippen molar-refractivity contribution in [3.8, 4) is 0 Å². The Balaban J connectivity index is 2.01. The first kappa shape index (κ1) is 15.0. The first-order valence-electron chi connectivity index (χ1n) is 6.70. The van der Waals surface area contributed by atoms with Crippen LogP contribution in [0.1, 0.15) is 17.3 Å². The molecule has 0 saturated carbocycles. The Hall–Kier alpha value is -2.40. The number of anilines is 2. The Kier molecular flexibility index (Phi) is 5.29. The molecule has 0 atom stereocenters. The zero-order valence-electron chi connectivity index (χ0n) is 11.7. The average Bonchev–Trinajstić information content (AvgIpc) is 2.48. The molecule has 5 heteroatoms. The van der Waals surface area contributed by atoms with Crippen LogP contribution in [0.25, 0.3) is 0 Å². The Labute approximate surface area is 129 Å². The summed E-state index contributed by atoms with van der Waals surface area (Å²) in [5.41, 5.74) is 2.28. The number of rotatable bonds is 4. The third-order valence-electron chi connectivity index (χ3n) is 2.75. The van der Waals surface area contributed by atoms with Gasteiger partial charge in [0.25, 0.3) is 5.91 Å². The van der Waals surface area contributed by atoms with Crippen LogP contribution in [0.4, 0.5) is 11.4 Å². The van der Waals surface area contributed by atoms with E-state index in [-0.39, 0.29) is 5.91 Å². The van der Waals surface area contributed by atoms with Crippen LogP contribution < -0.4 is 16.0 Å². The summed E-state index contributed by atoms with van der Waals surface area (Å²) in [6.45, 7) is 2.49. The van der Waals surface area contributed by atoms with Crippen LogP contribution in [0, 0.1) is 0 Å². The largest absolute Gasteiger partial charge is 0.352 e. The van der Waals surface area contributed by atoms with Crippen LogP contribution in [0.5, 0.6) is 0 Å². The van der Waals surface area contributed by atoms with Gasteiger partial charge in [0.15, 0.2) is 5.11 Å². The number of hydrogen-bond acceptors (Lipinski definition) is 2. The minimum absolute atomic E-state index is 0.0944. The van der Waals surface area contributed by atoms with Crippen molar-refractivity contribution in [2.75, 3.05) is 17.2 Å². The van der Waals surface area contributed by atoms with Crippen molar-refractivity contribution >= 4 is 34.6 Å². The van der Waals surface area contributed by atoms with E-state index in [0.29, 0.717) is 17.2 Å². The molecule has 0 aliphatic rings. The van der Waals surface area contributed by atoms with Gasteiger partial charge >= 0.3 is 0 Å². The Morgan fingerprint density at radius 3 is 2.38 bits per heavy atom. The Morgan fingerprint density at radius 1 is 1.00 bits per heavy atom. The lowest BCUT2D eigenvalue weighted by molar-refractivity contribution is 0.0956. The lowest BCUT2D eigenvalue weighted by Crippen LogP contribution is -2.23. The molecule has 0 radical (unpaired) electrons. The molecule has 21 heavy (non-hydrogen) atoms. The molecule has 2 rings (SSSR count). The zero-order valence-corrected chi connectivity index (χ0v) is 12.5. The standard InChI is InChI=1S/C16H17N3OS/c1-2-17-15(20)12-7-6-10-14(11-12)19-16(21)18-13-8-4-3-5-9-13/h3-11H,2H2,1H3,(H,17,20)(H2,18,19,21). The summed E-state index contributed by atoms with van der Waals surface area (Å²) in [6.07, 6.45) is 0. The Bertz CT molecular complexity index is 628. The Morgan fingerprint density at radius 2 is 1.67 bits per heavy atom. The van der Waals surface area contributed by atoms with Crippen molar-refractivity contribution in [3.63, 3.8) is 0 Å². The number of amides is 1. The summed E-state index contributed by atoms with van der Waals surface area (Å²) < 4.78 is 0. The smallest absolute Gasteiger partial charge is 0.251 e. The monoisotopic (exact) mass is 299 g/mol. The molecule has 0 aliphatic carbocycles. The predicted molar refractivity (Wildman–Crippen MR) is 90.7 cm³/mol. The van der Waals surface area contributed by atoms with Crippen LogP contribution in [-0.2, 0) is 0 Å². The van der Waals surface area contributed by atoms with Crippen molar-refractivity contribution in [2.24, 2.45) is 0 Å². The van der Waals surface area contributed by atoms with E-state index in [1.807, 2.05) is 49.4 Å². The molecule has 108 valence electrons. The maximum absolute atomic E-state index is 11.8. The summed E-state index contributed by atoms with van der Waals surface area (Å²) in [6, 6.07) is 16.9. The van der Waals surface area contributed by atoms with Gasteiger partial charge in [-0.25, -0.2) is 0 Å². The number of carbonyl (C=O) groups excluding carboxylic acids is 1. The second kappa shape index (κ2) is 7.40. The average molecular weight is 299 g/mol. The third-order valence-corrected chi connectivity index (χ3v) is 2.96. The zero-order chi connectivity index (χ0) is 15.1. The molecular formula is C16H17N3OS. The van der Waals surface area contributed by atoms with Gasteiger partial charge in [0.05, 0.1) is 0 Å². The van der Waals surface area contributed by atoms with E-state index in [1.54, 1.807) is 12.1 Å². The van der Waals surface area contributed by atoms with Gasteiger partial charge in [-0.1, -0.05) is 24.3 Å². The SMILES string of the molecule is CCNC(=O)c1cccc(NC(=S)Nc2ccccc2)c1.